The maximum Gasteiger partial charge on any atom is 0.317 e. The molecule has 1 aromatic heterocycles. The van der Waals surface area contributed by atoms with Gasteiger partial charge in [-0.15, -0.1) is 0 Å². The third-order valence-corrected chi connectivity index (χ3v) is 4.04. The van der Waals surface area contributed by atoms with E-state index in [1.165, 1.54) is 4.90 Å². The van der Waals surface area contributed by atoms with Gasteiger partial charge < -0.3 is 27.1 Å². The number of carbonyl (C=O) groups excluding carboxylic acids is 2. The standard InChI is InChI=1S/C17H22N8O2/c1-3-12(14(19)26)25(2)17(21)24-16(13(18)15(20)27)23-10-5-4-9-6-7-22-11(9)8-10/h4-8,12,18,22H,3H2,1-2H3,(H2,19,26)(H2,20,27)(H2,21,23,24)/p+1/t12-/m1/s1. The molecule has 2 aromatic rings. The molecule has 10 nitrogen and oxygen atoms in total. The highest BCUT2D eigenvalue weighted by Crippen LogP contribution is 2.20. The van der Waals surface area contributed by atoms with Crippen LogP contribution in [-0.2, 0) is 9.59 Å². The summed E-state index contributed by atoms with van der Waals surface area (Å²) in [6, 6.07) is 6.59. The van der Waals surface area contributed by atoms with Gasteiger partial charge in [-0.1, -0.05) is 13.0 Å². The Labute approximate surface area is 155 Å². The first-order chi connectivity index (χ1) is 12.7. The van der Waals surface area contributed by atoms with Crippen molar-refractivity contribution in [1.29, 1.82) is 0 Å². The number of aromatic amines is 1. The fourth-order valence-electron chi connectivity index (χ4n) is 2.50. The van der Waals surface area contributed by atoms with E-state index in [0.29, 0.717) is 12.1 Å². The van der Waals surface area contributed by atoms with Crippen LogP contribution in [0.4, 0.5) is 5.69 Å². The summed E-state index contributed by atoms with van der Waals surface area (Å²) in [5, 5.41) is 6.75. The number of guanidine groups is 1. The van der Waals surface area contributed by atoms with Crippen molar-refractivity contribution < 1.29 is 15.0 Å². The fourth-order valence-corrected chi connectivity index (χ4v) is 2.50. The Morgan fingerprint density at radius 3 is 2.56 bits per heavy atom. The number of hydrogen-bond acceptors (Lipinski definition) is 3. The lowest BCUT2D eigenvalue weighted by atomic mass is 10.2. The molecule has 27 heavy (non-hydrogen) atoms. The third-order valence-electron chi connectivity index (χ3n) is 4.04. The van der Waals surface area contributed by atoms with E-state index in [1.54, 1.807) is 32.3 Å². The predicted molar refractivity (Wildman–Crippen MR) is 104 cm³/mol. The maximum absolute atomic E-state index is 11.5. The number of primary amides is 2. The van der Waals surface area contributed by atoms with Gasteiger partial charge in [-0.05, 0) is 30.0 Å². The van der Waals surface area contributed by atoms with E-state index in [4.69, 9.17) is 22.6 Å². The molecule has 10 heteroatoms. The Morgan fingerprint density at radius 2 is 1.96 bits per heavy atom. The van der Waals surface area contributed by atoms with Crippen LogP contribution in [0.5, 0.6) is 0 Å². The van der Waals surface area contributed by atoms with E-state index in [9.17, 15) is 9.59 Å². The number of likely N-dealkylation sites (N-methyl/N-ethyl adjacent to an activating group) is 1. The molecule has 2 amide bonds. The zero-order valence-corrected chi connectivity index (χ0v) is 15.1. The average molecular weight is 371 g/mol. The van der Waals surface area contributed by atoms with Gasteiger partial charge in [0.15, 0.2) is 5.96 Å². The summed E-state index contributed by atoms with van der Waals surface area (Å²) in [6.45, 7) is 1.78. The molecule has 0 bridgehead atoms. The predicted octanol–water partition coefficient (Wildman–Crippen LogP) is -1.61. The number of nitrogens with zero attached hydrogens (tertiary/aromatic N) is 3. The zero-order chi connectivity index (χ0) is 20.1. The molecule has 0 aliphatic rings. The first-order valence-electron chi connectivity index (χ1n) is 8.19. The number of amidine groups is 1. The number of amides is 2. The summed E-state index contributed by atoms with van der Waals surface area (Å²) in [7, 11) is 1.56. The van der Waals surface area contributed by atoms with Gasteiger partial charge in [0.25, 0.3) is 0 Å². The number of rotatable bonds is 6. The highest BCUT2D eigenvalue weighted by molar-refractivity contribution is 6.64. The van der Waals surface area contributed by atoms with Crippen LogP contribution in [0, 0.1) is 0 Å². The second-order valence-electron chi connectivity index (χ2n) is 5.87. The molecule has 1 heterocycles. The molecule has 0 saturated heterocycles. The Kier molecular flexibility index (Phi) is 5.91. The lowest BCUT2D eigenvalue weighted by Gasteiger charge is -2.25. The highest BCUT2D eigenvalue weighted by Gasteiger charge is 2.24. The van der Waals surface area contributed by atoms with Crippen LogP contribution in [0.15, 0.2) is 40.4 Å². The van der Waals surface area contributed by atoms with Crippen LogP contribution in [-0.4, -0.2) is 52.3 Å². The maximum atomic E-state index is 11.5. The number of carbonyl (C=O) groups is 2. The van der Waals surface area contributed by atoms with Crippen LogP contribution in [0.1, 0.15) is 13.3 Å². The van der Waals surface area contributed by atoms with E-state index in [2.05, 4.69) is 15.0 Å². The smallest absolute Gasteiger partial charge is 0.317 e. The minimum absolute atomic E-state index is 0.0791. The first-order valence-corrected chi connectivity index (χ1v) is 8.19. The van der Waals surface area contributed by atoms with Gasteiger partial charge in [-0.2, -0.15) is 4.99 Å². The average Bonchev–Trinajstić information content (AvgIpc) is 3.08. The molecule has 1 atom stereocenters. The van der Waals surface area contributed by atoms with Gasteiger partial charge in [0.05, 0.1) is 5.69 Å². The number of aliphatic imine (C=N–C) groups is 2. The summed E-state index contributed by atoms with van der Waals surface area (Å²) < 4.78 is 0. The molecular formula is C17H23N8O2+. The number of nitrogens with two attached hydrogens (primary N) is 4. The Morgan fingerprint density at radius 1 is 1.26 bits per heavy atom. The van der Waals surface area contributed by atoms with E-state index in [1.807, 2.05) is 12.1 Å². The number of H-pyrrole nitrogens is 1. The van der Waals surface area contributed by atoms with Crippen molar-refractivity contribution in [2.45, 2.75) is 19.4 Å². The second-order valence-corrected chi connectivity index (χ2v) is 5.87. The Balaban J connectivity index is 2.46. The summed E-state index contributed by atoms with van der Waals surface area (Å²) in [4.78, 5) is 35.9. The molecule has 0 unspecified atom stereocenters. The SMILES string of the molecule is CC[C@H](C(N)=O)N(C)C(N)=NC(=Nc1ccc2cc[nH]c2c1)C(=[NH2+])C(N)=O. The summed E-state index contributed by atoms with van der Waals surface area (Å²) in [6.07, 6.45) is 2.22. The van der Waals surface area contributed by atoms with Gasteiger partial charge in [0, 0.05) is 18.8 Å². The van der Waals surface area contributed by atoms with E-state index in [-0.39, 0.29) is 17.5 Å². The molecule has 0 aliphatic heterocycles. The van der Waals surface area contributed by atoms with Crippen LogP contribution in [0.3, 0.4) is 0 Å². The molecular weight excluding hydrogens is 348 g/mol. The van der Waals surface area contributed by atoms with Gasteiger partial charge in [-0.25, -0.2) is 10.4 Å². The van der Waals surface area contributed by atoms with Crippen molar-refractivity contribution in [3.63, 3.8) is 0 Å². The lowest BCUT2D eigenvalue weighted by molar-refractivity contribution is -0.132. The molecule has 0 fully saturated rings. The summed E-state index contributed by atoms with van der Waals surface area (Å²) in [5.41, 5.74) is 17.6. The van der Waals surface area contributed by atoms with Gasteiger partial charge in [0.1, 0.15) is 6.04 Å². The number of benzene rings is 1. The van der Waals surface area contributed by atoms with E-state index >= 15 is 0 Å². The monoisotopic (exact) mass is 371 g/mol. The minimum atomic E-state index is -0.893. The number of aromatic nitrogens is 1. The Bertz CT molecular complexity index is 943. The Hall–Kier alpha value is -3.69. The first kappa shape index (κ1) is 19.6. The highest BCUT2D eigenvalue weighted by atomic mass is 16.1. The van der Waals surface area contributed by atoms with Crippen LogP contribution in [0.25, 0.3) is 10.9 Å². The zero-order valence-electron chi connectivity index (χ0n) is 15.1. The molecule has 0 spiro atoms. The molecule has 0 aliphatic carbocycles. The van der Waals surface area contributed by atoms with Crippen LogP contribution in [0.2, 0.25) is 0 Å². The van der Waals surface area contributed by atoms with Crippen molar-refractivity contribution in [2.75, 3.05) is 7.05 Å². The van der Waals surface area contributed by atoms with Gasteiger partial charge >= 0.3 is 11.6 Å². The molecule has 1 aromatic carbocycles. The van der Waals surface area contributed by atoms with Crippen molar-refractivity contribution in [1.82, 2.24) is 9.88 Å². The third kappa shape index (κ3) is 4.48. The topological polar surface area (TPSA) is 182 Å². The van der Waals surface area contributed by atoms with E-state index < -0.39 is 17.9 Å². The van der Waals surface area contributed by atoms with Gasteiger partial charge in [0.2, 0.25) is 11.7 Å². The minimum Gasteiger partial charge on any atom is -0.369 e. The van der Waals surface area contributed by atoms with Gasteiger partial charge in [-0.3, -0.25) is 9.59 Å². The fraction of sp³-hybridized carbons (Fsp3) is 0.235. The molecule has 0 saturated carbocycles. The summed E-state index contributed by atoms with van der Waals surface area (Å²) in [5.74, 6) is -1.68. The largest absolute Gasteiger partial charge is 0.369 e. The molecule has 2 rings (SSSR count). The van der Waals surface area contributed by atoms with Crippen molar-refractivity contribution in [2.24, 2.45) is 27.2 Å². The summed E-state index contributed by atoms with van der Waals surface area (Å²) >= 11 is 0. The van der Waals surface area contributed by atoms with Crippen LogP contribution >= 0.6 is 0 Å². The number of nitrogens with one attached hydrogen (secondary N) is 1. The number of fused-ring (bicyclic) bond motifs is 1. The normalized spacial score (nSPS) is 13.4. The van der Waals surface area contributed by atoms with E-state index in [0.717, 1.165) is 10.9 Å². The second kappa shape index (κ2) is 8.13. The van der Waals surface area contributed by atoms with Crippen molar-refractivity contribution >= 4 is 45.9 Å². The molecule has 9 N–H and O–H groups in total. The van der Waals surface area contributed by atoms with Crippen molar-refractivity contribution in [3.8, 4) is 0 Å². The number of hydrogen-bond donors (Lipinski definition) is 5. The molecule has 0 radical (unpaired) electrons. The van der Waals surface area contributed by atoms with Crippen molar-refractivity contribution in [3.05, 3.63) is 30.5 Å². The lowest BCUT2D eigenvalue weighted by Crippen LogP contribution is -2.53. The quantitative estimate of drug-likeness (QED) is 0.303. The van der Waals surface area contributed by atoms with Crippen LogP contribution < -0.4 is 22.6 Å². The molecule has 142 valence electrons.